The summed E-state index contributed by atoms with van der Waals surface area (Å²) in [5, 5.41) is 7.91. The second-order valence-electron chi connectivity index (χ2n) is 4.18. The maximum absolute atomic E-state index is 11.2. The second-order valence-corrected chi connectivity index (χ2v) is 5.61. The van der Waals surface area contributed by atoms with Gasteiger partial charge in [0.2, 0.25) is 0 Å². The molecule has 0 amide bonds. The van der Waals surface area contributed by atoms with E-state index in [1.807, 2.05) is 6.07 Å². The molecule has 0 radical (unpaired) electrons. The van der Waals surface area contributed by atoms with Gasteiger partial charge in [0.05, 0.1) is 16.3 Å². The van der Waals surface area contributed by atoms with Crippen LogP contribution in [0.4, 0.5) is 17.1 Å². The minimum Gasteiger partial charge on any atom is -0.397 e. The number of nitrogens with zero attached hydrogens (tertiary/aromatic N) is 2. The first-order valence-electron chi connectivity index (χ1n) is 5.72. The van der Waals surface area contributed by atoms with Gasteiger partial charge >= 0.3 is 0 Å². The van der Waals surface area contributed by atoms with Crippen molar-refractivity contribution < 1.29 is 13.0 Å². The molecule has 2 rings (SSSR count). The lowest BCUT2D eigenvalue weighted by Crippen LogP contribution is -2.00. The monoisotopic (exact) mass is 291 g/mol. The summed E-state index contributed by atoms with van der Waals surface area (Å²) in [5.74, 6) is 0. The molecule has 0 aliphatic carbocycles. The molecule has 0 aromatic heterocycles. The average molecular weight is 291 g/mol. The predicted molar refractivity (Wildman–Crippen MR) is 76.0 cm³/mol. The minimum absolute atomic E-state index is 0.196. The predicted octanol–water partition coefficient (Wildman–Crippen LogP) is 3.24. The minimum atomic E-state index is -4.30. The van der Waals surface area contributed by atoms with Crippen LogP contribution in [0.1, 0.15) is 5.56 Å². The Morgan fingerprint density at radius 2 is 1.75 bits per heavy atom. The van der Waals surface area contributed by atoms with Crippen LogP contribution in [0.3, 0.4) is 0 Å². The first kappa shape index (κ1) is 14.2. The van der Waals surface area contributed by atoms with Crippen molar-refractivity contribution >= 4 is 27.2 Å². The quantitative estimate of drug-likeness (QED) is 0.514. The van der Waals surface area contributed by atoms with E-state index >= 15 is 0 Å². The molecule has 0 spiro atoms. The molecule has 104 valence electrons. The van der Waals surface area contributed by atoms with E-state index in [0.29, 0.717) is 16.9 Å². The zero-order chi connectivity index (χ0) is 14.8. The molecular formula is C13H13N3O3S. The van der Waals surface area contributed by atoms with Crippen molar-refractivity contribution in [3.63, 3.8) is 0 Å². The van der Waals surface area contributed by atoms with Gasteiger partial charge in [-0.25, -0.2) is 0 Å². The number of aryl methyl sites for hydroxylation is 1. The zero-order valence-corrected chi connectivity index (χ0v) is 11.5. The number of nitrogens with two attached hydrogens (primary N) is 1. The zero-order valence-electron chi connectivity index (χ0n) is 10.7. The highest BCUT2D eigenvalue weighted by Crippen LogP contribution is 2.30. The third kappa shape index (κ3) is 3.19. The Hall–Kier alpha value is -2.25. The van der Waals surface area contributed by atoms with Gasteiger partial charge in [-0.1, -0.05) is 18.2 Å². The highest BCUT2D eigenvalue weighted by molar-refractivity contribution is 7.85. The normalized spacial score (nSPS) is 11.9. The standard InChI is InChI=1S/C13H13N3O3S/c1-9-7-11(20(17,18)19)8-12(13(9)14)16-15-10-5-3-2-4-6-10/h2-8H,14H2,1H3,(H,17,18,19). The van der Waals surface area contributed by atoms with E-state index in [1.54, 1.807) is 31.2 Å². The van der Waals surface area contributed by atoms with Crippen LogP contribution in [0.2, 0.25) is 0 Å². The van der Waals surface area contributed by atoms with E-state index in [2.05, 4.69) is 10.2 Å². The van der Waals surface area contributed by atoms with E-state index < -0.39 is 10.1 Å². The molecule has 0 aliphatic rings. The number of azo groups is 1. The number of anilines is 1. The molecule has 0 fully saturated rings. The van der Waals surface area contributed by atoms with Gasteiger partial charge < -0.3 is 5.73 Å². The number of hydrogen-bond acceptors (Lipinski definition) is 5. The van der Waals surface area contributed by atoms with Crippen LogP contribution in [-0.2, 0) is 10.1 Å². The van der Waals surface area contributed by atoms with Crippen LogP contribution in [-0.4, -0.2) is 13.0 Å². The van der Waals surface area contributed by atoms with Gasteiger partial charge in [-0.05, 0) is 36.8 Å². The molecule has 0 saturated carbocycles. The fourth-order valence-electron chi connectivity index (χ4n) is 1.59. The van der Waals surface area contributed by atoms with Crippen molar-refractivity contribution in [2.45, 2.75) is 11.8 Å². The van der Waals surface area contributed by atoms with Gasteiger partial charge in [0.1, 0.15) is 5.69 Å². The number of nitrogen functional groups attached to an aromatic ring is 1. The summed E-state index contributed by atoms with van der Waals surface area (Å²) in [7, 11) is -4.30. The molecule has 6 nitrogen and oxygen atoms in total. The average Bonchev–Trinajstić information content (AvgIpc) is 2.40. The van der Waals surface area contributed by atoms with Crippen molar-refractivity contribution in [2.75, 3.05) is 5.73 Å². The van der Waals surface area contributed by atoms with E-state index in [1.165, 1.54) is 12.1 Å². The Labute approximate surface area is 116 Å². The topological polar surface area (TPSA) is 105 Å². The second kappa shape index (κ2) is 5.40. The Balaban J connectivity index is 2.47. The van der Waals surface area contributed by atoms with Gasteiger partial charge in [0.15, 0.2) is 0 Å². The van der Waals surface area contributed by atoms with Crippen LogP contribution in [0.25, 0.3) is 0 Å². The largest absolute Gasteiger partial charge is 0.397 e. The van der Waals surface area contributed by atoms with Crippen molar-refractivity contribution in [3.05, 3.63) is 48.0 Å². The summed E-state index contributed by atoms with van der Waals surface area (Å²) in [4.78, 5) is -0.258. The third-order valence-electron chi connectivity index (χ3n) is 2.67. The van der Waals surface area contributed by atoms with Crippen LogP contribution < -0.4 is 5.73 Å². The molecule has 2 aromatic carbocycles. The fourth-order valence-corrected chi connectivity index (χ4v) is 2.17. The third-order valence-corrected chi connectivity index (χ3v) is 3.50. The Bertz CT molecular complexity index is 756. The molecule has 0 unspecified atom stereocenters. The number of hydrogen-bond donors (Lipinski definition) is 2. The summed E-state index contributed by atoms with van der Waals surface area (Å²) >= 11 is 0. The number of rotatable bonds is 3. The molecule has 0 atom stereocenters. The van der Waals surface area contributed by atoms with Crippen LogP contribution in [0.5, 0.6) is 0 Å². The van der Waals surface area contributed by atoms with E-state index in [4.69, 9.17) is 10.3 Å². The summed E-state index contributed by atoms with van der Waals surface area (Å²) in [6, 6.07) is 11.4. The summed E-state index contributed by atoms with van der Waals surface area (Å²) < 4.78 is 31.4. The Morgan fingerprint density at radius 1 is 1.10 bits per heavy atom. The van der Waals surface area contributed by atoms with Gasteiger partial charge in [0.25, 0.3) is 10.1 Å². The summed E-state index contributed by atoms with van der Waals surface area (Å²) in [6.45, 7) is 1.63. The maximum Gasteiger partial charge on any atom is 0.294 e. The van der Waals surface area contributed by atoms with E-state index in [0.717, 1.165) is 0 Å². The molecule has 0 bridgehead atoms. The van der Waals surface area contributed by atoms with Gasteiger partial charge in [-0.3, -0.25) is 4.55 Å². The SMILES string of the molecule is Cc1cc(S(=O)(=O)O)cc(N=Nc2ccccc2)c1N. The first-order chi connectivity index (χ1) is 9.38. The molecule has 7 heteroatoms. The van der Waals surface area contributed by atoms with Crippen LogP contribution in [0, 0.1) is 6.92 Å². The first-order valence-corrected chi connectivity index (χ1v) is 7.16. The van der Waals surface area contributed by atoms with E-state index in [9.17, 15) is 8.42 Å². The molecule has 2 aromatic rings. The lowest BCUT2D eigenvalue weighted by atomic mass is 10.2. The number of benzene rings is 2. The molecule has 20 heavy (non-hydrogen) atoms. The van der Waals surface area contributed by atoms with E-state index in [-0.39, 0.29) is 10.6 Å². The summed E-state index contributed by atoms with van der Waals surface area (Å²) in [6.07, 6.45) is 0. The highest BCUT2D eigenvalue weighted by atomic mass is 32.2. The Kier molecular flexibility index (Phi) is 3.82. The van der Waals surface area contributed by atoms with Gasteiger partial charge in [-0.15, -0.1) is 5.11 Å². The van der Waals surface area contributed by atoms with Crippen molar-refractivity contribution in [3.8, 4) is 0 Å². The summed E-state index contributed by atoms with van der Waals surface area (Å²) in [5.41, 5.74) is 7.46. The Morgan fingerprint density at radius 3 is 2.35 bits per heavy atom. The van der Waals surface area contributed by atoms with Gasteiger partial charge in [-0.2, -0.15) is 13.5 Å². The van der Waals surface area contributed by atoms with Gasteiger partial charge in [0, 0.05) is 0 Å². The molecule has 0 saturated heterocycles. The molecule has 0 aliphatic heterocycles. The van der Waals surface area contributed by atoms with Crippen LogP contribution >= 0.6 is 0 Å². The molecule has 0 heterocycles. The maximum atomic E-state index is 11.2. The molecule has 3 N–H and O–H groups in total. The van der Waals surface area contributed by atoms with Crippen molar-refractivity contribution in [2.24, 2.45) is 10.2 Å². The van der Waals surface area contributed by atoms with Crippen LogP contribution in [0.15, 0.2) is 57.6 Å². The van der Waals surface area contributed by atoms with Crippen molar-refractivity contribution in [1.82, 2.24) is 0 Å². The van der Waals surface area contributed by atoms with Crippen molar-refractivity contribution in [1.29, 1.82) is 0 Å². The smallest absolute Gasteiger partial charge is 0.294 e. The highest BCUT2D eigenvalue weighted by Gasteiger charge is 2.14. The fraction of sp³-hybridized carbons (Fsp3) is 0.0769. The lowest BCUT2D eigenvalue weighted by Gasteiger charge is -2.06. The molecular weight excluding hydrogens is 278 g/mol. The lowest BCUT2D eigenvalue weighted by molar-refractivity contribution is 0.483.